The van der Waals surface area contributed by atoms with Crippen LogP contribution in [0.4, 0.5) is 16.2 Å². The first-order valence-corrected chi connectivity index (χ1v) is 14.2. The highest BCUT2D eigenvalue weighted by molar-refractivity contribution is 6.30. The average Bonchev–Trinajstić information content (AvgIpc) is 3.41. The monoisotopic (exact) mass is 614 g/mol. The number of anilines is 2. The average molecular weight is 616 g/mol. The standard InChI is InChI=1S/C29H32Cl2N6O5/c1-2-33-29(41)37-13-12-36(11-9-24(37)26(32)38)23-8-5-19(16-22(23)34-28(40)20-10-14-42-17-20)27(39)35-25(31)15-18-3-6-21(30)7-4-18/h3-8,10,14,16-17,24-25H,2,9,11-13,15H2,1H3,(H2,32,38)(H,33,41)(H,34,40)(H,35,39). The van der Waals surface area contributed by atoms with Gasteiger partial charge < -0.3 is 35.9 Å². The number of primary amides is 1. The third-order valence-corrected chi connectivity index (χ3v) is 7.34. The normalized spacial score (nSPS) is 15.8. The number of urea groups is 1. The van der Waals surface area contributed by atoms with Crippen molar-refractivity contribution in [1.29, 1.82) is 0 Å². The van der Waals surface area contributed by atoms with Gasteiger partial charge in [-0.1, -0.05) is 35.3 Å². The van der Waals surface area contributed by atoms with Crippen molar-refractivity contribution in [3.05, 3.63) is 82.8 Å². The van der Waals surface area contributed by atoms with Gasteiger partial charge in [-0.3, -0.25) is 14.4 Å². The SMILES string of the molecule is CCNC(=O)N1CCN(c2ccc(C(=O)NC(Cl)Cc3ccc(Cl)cc3)cc2NC(=O)c2ccoc2)CCC1C(N)=O. The number of alkyl halides is 1. The topological polar surface area (TPSA) is 150 Å². The molecule has 222 valence electrons. The first-order valence-electron chi connectivity index (χ1n) is 13.4. The van der Waals surface area contributed by atoms with Crippen molar-refractivity contribution < 1.29 is 23.6 Å². The molecule has 13 heteroatoms. The zero-order valence-corrected chi connectivity index (χ0v) is 24.5. The highest BCUT2D eigenvalue weighted by Gasteiger charge is 2.32. The smallest absolute Gasteiger partial charge is 0.318 e. The Hall–Kier alpha value is -4.22. The van der Waals surface area contributed by atoms with Gasteiger partial charge in [0.1, 0.15) is 17.8 Å². The lowest BCUT2D eigenvalue weighted by atomic mass is 10.1. The van der Waals surface area contributed by atoms with E-state index in [1.807, 2.05) is 17.0 Å². The van der Waals surface area contributed by atoms with Crippen LogP contribution < -0.4 is 26.6 Å². The molecule has 2 heterocycles. The van der Waals surface area contributed by atoms with E-state index < -0.39 is 29.3 Å². The zero-order chi connectivity index (χ0) is 30.2. The molecule has 2 aromatic carbocycles. The number of rotatable bonds is 9. The maximum Gasteiger partial charge on any atom is 0.318 e. The molecule has 3 aromatic rings. The predicted octanol–water partition coefficient (Wildman–Crippen LogP) is 3.82. The first kappa shape index (κ1) is 30.7. The van der Waals surface area contributed by atoms with E-state index in [1.165, 1.54) is 23.5 Å². The molecule has 1 fully saturated rings. The van der Waals surface area contributed by atoms with Crippen molar-refractivity contribution in [3.8, 4) is 0 Å². The highest BCUT2D eigenvalue weighted by Crippen LogP contribution is 2.30. The summed E-state index contributed by atoms with van der Waals surface area (Å²) in [6.45, 7) is 3.13. The number of hydrogen-bond acceptors (Lipinski definition) is 6. The van der Waals surface area contributed by atoms with E-state index in [0.717, 1.165) is 5.56 Å². The molecule has 0 spiro atoms. The summed E-state index contributed by atoms with van der Waals surface area (Å²) in [5, 5.41) is 8.96. The van der Waals surface area contributed by atoms with Gasteiger partial charge in [0.05, 0.1) is 23.2 Å². The molecular weight excluding hydrogens is 583 g/mol. The number of nitrogens with one attached hydrogen (secondary N) is 3. The Morgan fingerprint density at radius 3 is 2.45 bits per heavy atom. The fourth-order valence-corrected chi connectivity index (χ4v) is 5.11. The minimum atomic E-state index is -0.795. The molecule has 0 bridgehead atoms. The minimum Gasteiger partial charge on any atom is -0.472 e. The largest absolute Gasteiger partial charge is 0.472 e. The van der Waals surface area contributed by atoms with Crippen LogP contribution in [0.25, 0.3) is 0 Å². The number of carbonyl (C=O) groups excluding carboxylic acids is 4. The van der Waals surface area contributed by atoms with E-state index in [0.29, 0.717) is 48.0 Å². The molecule has 1 aliphatic rings. The molecule has 42 heavy (non-hydrogen) atoms. The van der Waals surface area contributed by atoms with Crippen molar-refractivity contribution in [1.82, 2.24) is 15.5 Å². The van der Waals surface area contributed by atoms with Gasteiger partial charge in [0.15, 0.2) is 0 Å². The lowest BCUT2D eigenvalue weighted by Crippen LogP contribution is -2.51. The van der Waals surface area contributed by atoms with Crippen LogP contribution in [-0.2, 0) is 11.2 Å². The van der Waals surface area contributed by atoms with Crippen LogP contribution in [0.3, 0.4) is 0 Å². The number of furan rings is 1. The Kier molecular flexibility index (Phi) is 10.3. The summed E-state index contributed by atoms with van der Waals surface area (Å²) in [5.74, 6) is -1.46. The lowest BCUT2D eigenvalue weighted by Gasteiger charge is -2.27. The van der Waals surface area contributed by atoms with Crippen molar-refractivity contribution in [2.24, 2.45) is 5.73 Å². The molecule has 11 nitrogen and oxygen atoms in total. The van der Waals surface area contributed by atoms with E-state index >= 15 is 0 Å². The summed E-state index contributed by atoms with van der Waals surface area (Å²) in [4.78, 5) is 54.3. The summed E-state index contributed by atoms with van der Waals surface area (Å²) >= 11 is 12.4. The van der Waals surface area contributed by atoms with Gasteiger partial charge >= 0.3 is 6.03 Å². The van der Waals surface area contributed by atoms with Crippen molar-refractivity contribution in [3.63, 3.8) is 0 Å². The number of nitrogens with zero attached hydrogens (tertiary/aromatic N) is 2. The van der Waals surface area contributed by atoms with Crippen LogP contribution >= 0.6 is 23.2 Å². The van der Waals surface area contributed by atoms with E-state index in [-0.39, 0.29) is 24.6 Å². The van der Waals surface area contributed by atoms with Gasteiger partial charge in [0.25, 0.3) is 11.8 Å². The van der Waals surface area contributed by atoms with Crippen LogP contribution in [0.1, 0.15) is 39.6 Å². The van der Waals surface area contributed by atoms with Gasteiger partial charge in [0, 0.05) is 43.2 Å². The fourth-order valence-electron chi connectivity index (χ4n) is 4.71. The van der Waals surface area contributed by atoms with Crippen LogP contribution in [0.5, 0.6) is 0 Å². The molecule has 5 N–H and O–H groups in total. The van der Waals surface area contributed by atoms with Gasteiger partial charge in [-0.15, -0.1) is 0 Å². The molecule has 1 saturated heterocycles. The van der Waals surface area contributed by atoms with Crippen LogP contribution in [-0.4, -0.2) is 66.4 Å². The second-order valence-electron chi connectivity index (χ2n) is 9.69. The molecule has 0 radical (unpaired) electrons. The number of benzene rings is 2. The maximum absolute atomic E-state index is 13.1. The van der Waals surface area contributed by atoms with Crippen molar-refractivity contribution in [2.45, 2.75) is 31.3 Å². The highest BCUT2D eigenvalue weighted by atomic mass is 35.5. The van der Waals surface area contributed by atoms with Crippen LogP contribution in [0, 0.1) is 0 Å². The van der Waals surface area contributed by atoms with E-state index in [2.05, 4.69) is 16.0 Å². The summed E-state index contributed by atoms with van der Waals surface area (Å²) in [6, 6.07) is 12.4. The summed E-state index contributed by atoms with van der Waals surface area (Å²) in [7, 11) is 0. The molecule has 4 rings (SSSR count). The number of halogens is 2. The van der Waals surface area contributed by atoms with Crippen molar-refractivity contribution >= 4 is 58.3 Å². The molecule has 1 aliphatic heterocycles. The minimum absolute atomic E-state index is 0.218. The predicted molar refractivity (Wildman–Crippen MR) is 161 cm³/mol. The number of amides is 5. The van der Waals surface area contributed by atoms with Crippen LogP contribution in [0.2, 0.25) is 5.02 Å². The Balaban J connectivity index is 1.57. The van der Waals surface area contributed by atoms with E-state index in [4.69, 9.17) is 33.4 Å². The van der Waals surface area contributed by atoms with Gasteiger partial charge in [0.2, 0.25) is 5.91 Å². The number of carbonyl (C=O) groups is 4. The van der Waals surface area contributed by atoms with Crippen LogP contribution in [0.15, 0.2) is 65.5 Å². The molecule has 5 amide bonds. The second kappa shape index (κ2) is 14.1. The first-order chi connectivity index (χ1) is 20.2. The third-order valence-electron chi connectivity index (χ3n) is 6.82. The van der Waals surface area contributed by atoms with E-state index in [1.54, 1.807) is 37.3 Å². The Morgan fingerprint density at radius 1 is 1.02 bits per heavy atom. The van der Waals surface area contributed by atoms with E-state index in [9.17, 15) is 19.2 Å². The molecule has 1 aromatic heterocycles. The molecule has 0 aliphatic carbocycles. The summed E-state index contributed by atoms with van der Waals surface area (Å²) in [6.07, 6.45) is 3.36. The fraction of sp³-hybridized carbons (Fsp3) is 0.310. The molecule has 2 atom stereocenters. The third kappa shape index (κ3) is 7.74. The van der Waals surface area contributed by atoms with Gasteiger partial charge in [-0.25, -0.2) is 4.79 Å². The number of nitrogens with two attached hydrogens (primary N) is 1. The summed E-state index contributed by atoms with van der Waals surface area (Å²) in [5.41, 5.74) is 7.38. The second-order valence-corrected chi connectivity index (χ2v) is 10.7. The zero-order valence-electron chi connectivity index (χ0n) is 22.9. The Labute approximate surface area is 253 Å². The molecular formula is C29H32Cl2N6O5. The Morgan fingerprint density at radius 2 is 1.79 bits per heavy atom. The summed E-state index contributed by atoms with van der Waals surface area (Å²) < 4.78 is 5.04. The lowest BCUT2D eigenvalue weighted by molar-refractivity contribution is -0.122. The van der Waals surface area contributed by atoms with Gasteiger partial charge in [-0.2, -0.15) is 0 Å². The van der Waals surface area contributed by atoms with Gasteiger partial charge in [-0.05, 0) is 55.3 Å². The number of hydrogen-bond donors (Lipinski definition) is 4. The maximum atomic E-state index is 13.1. The quantitative estimate of drug-likeness (QED) is 0.212. The molecule has 0 saturated carbocycles. The Bertz CT molecular complexity index is 1420. The van der Waals surface area contributed by atoms with Crippen molar-refractivity contribution in [2.75, 3.05) is 36.4 Å². The molecule has 2 unspecified atom stereocenters.